The Balaban J connectivity index is 1.54. The van der Waals surface area contributed by atoms with Crippen LogP contribution in [0.3, 0.4) is 0 Å². The Hall–Kier alpha value is -1.94. The molecule has 31 heavy (non-hydrogen) atoms. The molecule has 1 aromatic heterocycles. The molecular formula is C22H31N3O4S2. The molecule has 0 radical (unpaired) electrons. The van der Waals surface area contributed by atoms with Gasteiger partial charge in [0, 0.05) is 25.6 Å². The minimum Gasteiger partial charge on any atom is -0.494 e. The zero-order chi connectivity index (χ0) is 22.4. The maximum atomic E-state index is 12.9. The molecule has 0 saturated carbocycles. The second-order valence-corrected chi connectivity index (χ2v) is 10.6. The third-order valence-corrected chi connectivity index (χ3v) is 8.23. The van der Waals surface area contributed by atoms with Gasteiger partial charge in [-0.05, 0) is 80.5 Å². The van der Waals surface area contributed by atoms with E-state index in [4.69, 9.17) is 4.74 Å². The summed E-state index contributed by atoms with van der Waals surface area (Å²) in [7, 11) is 0.429. The first-order chi connectivity index (χ1) is 14.8. The van der Waals surface area contributed by atoms with Gasteiger partial charge in [0.1, 0.15) is 5.75 Å². The van der Waals surface area contributed by atoms with Gasteiger partial charge in [-0.15, -0.1) is 0 Å². The lowest BCUT2D eigenvalue weighted by Gasteiger charge is -2.31. The van der Waals surface area contributed by atoms with Crippen LogP contribution in [0.1, 0.15) is 31.4 Å². The highest BCUT2D eigenvalue weighted by atomic mass is 32.2. The molecule has 0 bridgehead atoms. The molecule has 0 spiro atoms. The summed E-state index contributed by atoms with van der Waals surface area (Å²) in [5.41, 5.74) is 1.19. The number of nitrogens with zero attached hydrogens (tertiary/aromatic N) is 2. The summed E-state index contributed by atoms with van der Waals surface area (Å²) >= 11 is 1.64. The van der Waals surface area contributed by atoms with Crippen molar-refractivity contribution >= 4 is 27.3 Å². The number of benzene rings is 1. The number of likely N-dealkylation sites (N-methyl/N-ethyl adjacent to an activating group) is 1. The van der Waals surface area contributed by atoms with E-state index in [1.807, 2.05) is 26.4 Å². The molecule has 1 amide bonds. The lowest BCUT2D eigenvalue weighted by molar-refractivity contribution is -0.126. The van der Waals surface area contributed by atoms with Crippen LogP contribution in [-0.4, -0.2) is 63.9 Å². The van der Waals surface area contributed by atoms with Crippen LogP contribution in [0.4, 0.5) is 0 Å². The Morgan fingerprint density at radius 2 is 1.90 bits per heavy atom. The Morgan fingerprint density at radius 3 is 2.45 bits per heavy atom. The molecule has 9 heteroatoms. The van der Waals surface area contributed by atoms with E-state index in [2.05, 4.69) is 21.7 Å². The van der Waals surface area contributed by atoms with Crippen LogP contribution >= 0.6 is 11.3 Å². The molecule has 1 aromatic carbocycles. The van der Waals surface area contributed by atoms with Crippen LogP contribution in [0.15, 0.2) is 46.0 Å². The number of amides is 1. The number of carbonyl (C=O) groups excluding carboxylic acids is 1. The fourth-order valence-electron chi connectivity index (χ4n) is 3.79. The number of piperidine rings is 1. The molecule has 1 fully saturated rings. The number of hydrogen-bond acceptors (Lipinski definition) is 6. The van der Waals surface area contributed by atoms with Gasteiger partial charge in [-0.2, -0.15) is 15.6 Å². The van der Waals surface area contributed by atoms with E-state index in [-0.39, 0.29) is 22.8 Å². The summed E-state index contributed by atoms with van der Waals surface area (Å²) in [6.45, 7) is 3.63. The summed E-state index contributed by atoms with van der Waals surface area (Å²) in [5, 5.41) is 7.20. The van der Waals surface area contributed by atoms with Crippen LogP contribution in [0.5, 0.6) is 5.75 Å². The van der Waals surface area contributed by atoms with E-state index >= 15 is 0 Å². The fourth-order valence-corrected chi connectivity index (χ4v) is 5.96. The predicted octanol–water partition coefficient (Wildman–Crippen LogP) is 2.97. The lowest BCUT2D eigenvalue weighted by Crippen LogP contribution is -2.44. The third-order valence-electron chi connectivity index (χ3n) is 5.62. The van der Waals surface area contributed by atoms with E-state index in [9.17, 15) is 13.2 Å². The Kier molecular flexibility index (Phi) is 8.10. The highest BCUT2D eigenvalue weighted by molar-refractivity contribution is 7.89. The highest BCUT2D eigenvalue weighted by Gasteiger charge is 2.32. The minimum atomic E-state index is -3.57. The molecule has 1 aliphatic rings. The molecule has 1 saturated heterocycles. The van der Waals surface area contributed by atoms with Gasteiger partial charge in [0.25, 0.3) is 0 Å². The largest absolute Gasteiger partial charge is 0.494 e. The molecular weight excluding hydrogens is 434 g/mol. The standard InChI is InChI=1S/C22H31N3O4S2/c1-4-29-19-5-7-20(8-6-19)31(27,28)25-12-9-17(10-13-25)22(26)23-15-21(24(2)3)18-11-14-30-16-18/h5-8,11,14,16-17,21H,4,9-10,12-13,15H2,1-3H3,(H,23,26). The SMILES string of the molecule is CCOc1ccc(S(=O)(=O)N2CCC(C(=O)NCC(c3ccsc3)N(C)C)CC2)cc1. The minimum absolute atomic E-state index is 0.000180. The van der Waals surface area contributed by atoms with Crippen molar-refractivity contribution < 1.29 is 17.9 Å². The van der Waals surface area contributed by atoms with Gasteiger partial charge in [-0.3, -0.25) is 4.79 Å². The van der Waals surface area contributed by atoms with E-state index in [0.29, 0.717) is 44.8 Å². The molecule has 7 nitrogen and oxygen atoms in total. The normalized spacial score (nSPS) is 16.9. The van der Waals surface area contributed by atoms with Crippen molar-refractivity contribution in [2.75, 3.05) is 40.3 Å². The fraction of sp³-hybridized carbons (Fsp3) is 0.500. The van der Waals surface area contributed by atoms with Gasteiger partial charge in [0.15, 0.2) is 0 Å². The first-order valence-electron chi connectivity index (χ1n) is 10.5. The molecule has 170 valence electrons. The number of ether oxygens (including phenoxy) is 1. The number of sulfonamides is 1. The lowest BCUT2D eigenvalue weighted by atomic mass is 9.97. The molecule has 2 aromatic rings. The van der Waals surface area contributed by atoms with Gasteiger partial charge in [0.2, 0.25) is 15.9 Å². The molecule has 1 aliphatic heterocycles. The summed E-state index contributed by atoms with van der Waals surface area (Å²) in [6.07, 6.45) is 1.04. The van der Waals surface area contributed by atoms with Crippen molar-refractivity contribution in [3.05, 3.63) is 46.7 Å². The van der Waals surface area contributed by atoms with Gasteiger partial charge >= 0.3 is 0 Å². The van der Waals surface area contributed by atoms with E-state index in [0.717, 1.165) is 0 Å². The van der Waals surface area contributed by atoms with E-state index < -0.39 is 10.0 Å². The van der Waals surface area contributed by atoms with Crippen molar-refractivity contribution in [1.29, 1.82) is 0 Å². The first kappa shape index (κ1) is 23.7. The average molecular weight is 466 g/mol. The van der Waals surface area contributed by atoms with Crippen molar-refractivity contribution in [3.63, 3.8) is 0 Å². The Bertz CT molecular complexity index is 936. The van der Waals surface area contributed by atoms with Gasteiger partial charge in [-0.1, -0.05) is 0 Å². The van der Waals surface area contributed by atoms with Crippen molar-refractivity contribution in [1.82, 2.24) is 14.5 Å². The van der Waals surface area contributed by atoms with Crippen molar-refractivity contribution in [3.8, 4) is 5.75 Å². The molecule has 0 aliphatic carbocycles. The zero-order valence-corrected chi connectivity index (χ0v) is 19.9. The van der Waals surface area contributed by atoms with Crippen molar-refractivity contribution in [2.45, 2.75) is 30.7 Å². The predicted molar refractivity (Wildman–Crippen MR) is 123 cm³/mol. The number of rotatable bonds is 9. The van der Waals surface area contributed by atoms with Crippen LogP contribution in [0, 0.1) is 5.92 Å². The molecule has 1 atom stereocenters. The summed E-state index contributed by atoms with van der Waals surface area (Å²) < 4.78 is 32.7. The Morgan fingerprint density at radius 1 is 1.23 bits per heavy atom. The second kappa shape index (κ2) is 10.6. The number of carbonyl (C=O) groups is 1. The molecule has 1 unspecified atom stereocenters. The first-order valence-corrected chi connectivity index (χ1v) is 12.9. The molecule has 2 heterocycles. The monoisotopic (exact) mass is 465 g/mol. The zero-order valence-electron chi connectivity index (χ0n) is 18.3. The van der Waals surface area contributed by atoms with Gasteiger partial charge in [-0.25, -0.2) is 8.42 Å². The van der Waals surface area contributed by atoms with Crippen LogP contribution in [-0.2, 0) is 14.8 Å². The van der Waals surface area contributed by atoms with Crippen molar-refractivity contribution in [2.24, 2.45) is 5.92 Å². The topological polar surface area (TPSA) is 79.0 Å². The van der Waals surface area contributed by atoms with Gasteiger partial charge in [0.05, 0.1) is 17.5 Å². The quantitative estimate of drug-likeness (QED) is 0.616. The average Bonchev–Trinajstić information content (AvgIpc) is 3.29. The number of thiophene rings is 1. The summed E-state index contributed by atoms with van der Waals surface area (Å²) in [5.74, 6) is 0.479. The second-order valence-electron chi connectivity index (χ2n) is 7.86. The number of hydrogen-bond donors (Lipinski definition) is 1. The highest BCUT2D eigenvalue weighted by Crippen LogP contribution is 2.26. The van der Waals surface area contributed by atoms with Crippen LogP contribution < -0.4 is 10.1 Å². The number of nitrogens with one attached hydrogen (secondary N) is 1. The maximum absolute atomic E-state index is 12.9. The molecule has 3 rings (SSSR count). The summed E-state index contributed by atoms with van der Waals surface area (Å²) in [6, 6.07) is 8.69. The van der Waals surface area contributed by atoms with Crippen LogP contribution in [0.25, 0.3) is 0 Å². The van der Waals surface area contributed by atoms with E-state index in [1.165, 1.54) is 9.87 Å². The molecule has 1 N–H and O–H groups in total. The smallest absolute Gasteiger partial charge is 0.243 e. The van der Waals surface area contributed by atoms with Gasteiger partial charge < -0.3 is 15.0 Å². The van der Waals surface area contributed by atoms with Crippen LogP contribution in [0.2, 0.25) is 0 Å². The maximum Gasteiger partial charge on any atom is 0.243 e. The van der Waals surface area contributed by atoms with E-state index in [1.54, 1.807) is 35.6 Å². The summed E-state index contributed by atoms with van der Waals surface area (Å²) in [4.78, 5) is 15.1. The third kappa shape index (κ3) is 5.85. The Labute approximate surface area is 189 Å².